The van der Waals surface area contributed by atoms with Gasteiger partial charge in [0.1, 0.15) is 0 Å². The van der Waals surface area contributed by atoms with Gasteiger partial charge in [-0.05, 0) is 18.2 Å². The molecule has 2 N–H and O–H groups in total. The molecule has 0 radical (unpaired) electrons. The normalized spacial score (nSPS) is 11.9. The van der Waals surface area contributed by atoms with Crippen molar-refractivity contribution in [3.05, 3.63) is 47.0 Å². The highest BCUT2D eigenvalue weighted by atomic mass is 35.5. The van der Waals surface area contributed by atoms with Gasteiger partial charge in [0.05, 0.1) is 10.7 Å². The van der Waals surface area contributed by atoms with Crippen LogP contribution in [0.5, 0.6) is 11.5 Å². The minimum atomic E-state index is -0.349. The van der Waals surface area contributed by atoms with Crippen molar-refractivity contribution in [1.82, 2.24) is 0 Å². The molecule has 0 aliphatic carbocycles. The van der Waals surface area contributed by atoms with Gasteiger partial charge in [-0.2, -0.15) is 0 Å². The third kappa shape index (κ3) is 3.37. The average molecular weight is 333 g/mol. The van der Waals surface area contributed by atoms with Crippen LogP contribution in [0, 0.1) is 0 Å². The molecule has 23 heavy (non-hydrogen) atoms. The Kier molecular flexibility index (Phi) is 4.08. The van der Waals surface area contributed by atoms with E-state index in [-0.39, 0.29) is 18.6 Å². The first-order chi connectivity index (χ1) is 11.0. The van der Waals surface area contributed by atoms with Crippen LogP contribution < -0.4 is 20.1 Å². The summed E-state index contributed by atoms with van der Waals surface area (Å²) >= 11 is 6.13. The van der Waals surface area contributed by atoms with E-state index in [2.05, 4.69) is 10.6 Å². The number of hydrogen-bond donors (Lipinski definition) is 2. The number of carbonyl (C=O) groups is 2. The van der Waals surface area contributed by atoms with Crippen LogP contribution in [0.25, 0.3) is 0 Å². The maximum Gasteiger partial charge on any atom is 0.255 e. The fourth-order valence-corrected chi connectivity index (χ4v) is 2.35. The van der Waals surface area contributed by atoms with E-state index in [0.717, 1.165) is 0 Å². The third-order valence-electron chi connectivity index (χ3n) is 3.16. The number of fused-ring (bicyclic) bond motifs is 1. The predicted molar refractivity (Wildman–Crippen MR) is 86.3 cm³/mol. The molecule has 2 amide bonds. The number of anilines is 2. The van der Waals surface area contributed by atoms with Crippen LogP contribution in [0.1, 0.15) is 17.3 Å². The van der Waals surface area contributed by atoms with E-state index in [0.29, 0.717) is 33.5 Å². The molecule has 0 saturated carbocycles. The minimum Gasteiger partial charge on any atom is -0.454 e. The molecule has 3 rings (SSSR count). The smallest absolute Gasteiger partial charge is 0.255 e. The van der Waals surface area contributed by atoms with Crippen LogP contribution >= 0.6 is 11.6 Å². The highest BCUT2D eigenvalue weighted by molar-refractivity contribution is 6.34. The number of amides is 2. The highest BCUT2D eigenvalue weighted by Crippen LogP contribution is 2.39. The first-order valence-electron chi connectivity index (χ1n) is 6.81. The van der Waals surface area contributed by atoms with Gasteiger partial charge in [0, 0.05) is 30.3 Å². The first kappa shape index (κ1) is 15.2. The molecule has 2 aromatic carbocycles. The second-order valence-corrected chi connectivity index (χ2v) is 5.31. The third-order valence-corrected chi connectivity index (χ3v) is 3.47. The number of carbonyl (C=O) groups excluding carboxylic acids is 2. The Morgan fingerprint density at radius 3 is 2.57 bits per heavy atom. The maximum atomic E-state index is 12.3. The first-order valence-corrected chi connectivity index (χ1v) is 7.19. The zero-order valence-corrected chi connectivity index (χ0v) is 12.9. The molecule has 0 aromatic heterocycles. The van der Waals surface area contributed by atoms with E-state index in [4.69, 9.17) is 21.1 Å². The van der Waals surface area contributed by atoms with Crippen molar-refractivity contribution in [1.29, 1.82) is 0 Å². The Labute approximate surface area is 137 Å². The number of hydrogen-bond acceptors (Lipinski definition) is 4. The van der Waals surface area contributed by atoms with Gasteiger partial charge in [0.15, 0.2) is 11.5 Å². The van der Waals surface area contributed by atoms with Crippen LogP contribution in [-0.4, -0.2) is 18.6 Å². The molecule has 6 nitrogen and oxygen atoms in total. The Hall–Kier alpha value is -2.73. The number of rotatable bonds is 3. The zero-order valence-electron chi connectivity index (χ0n) is 12.2. The molecule has 7 heteroatoms. The van der Waals surface area contributed by atoms with E-state index < -0.39 is 0 Å². The molecule has 0 atom stereocenters. The second-order valence-electron chi connectivity index (χ2n) is 4.90. The summed E-state index contributed by atoms with van der Waals surface area (Å²) in [5, 5.41) is 5.69. The molecule has 2 aromatic rings. The van der Waals surface area contributed by atoms with Gasteiger partial charge in [-0.3, -0.25) is 9.59 Å². The van der Waals surface area contributed by atoms with Gasteiger partial charge in [-0.25, -0.2) is 0 Å². The van der Waals surface area contributed by atoms with Crippen molar-refractivity contribution >= 4 is 34.8 Å². The van der Waals surface area contributed by atoms with Gasteiger partial charge in [0.2, 0.25) is 12.7 Å². The SMILES string of the molecule is CC(=O)Nc1cccc(C(=O)Nc2cc3c(cc2Cl)OCO3)c1. The Morgan fingerprint density at radius 1 is 1.09 bits per heavy atom. The van der Waals surface area contributed by atoms with E-state index in [1.807, 2.05) is 0 Å². The molecule has 1 aliphatic heterocycles. The molecule has 0 unspecified atom stereocenters. The molecule has 118 valence electrons. The topological polar surface area (TPSA) is 76.7 Å². The van der Waals surface area contributed by atoms with Gasteiger partial charge >= 0.3 is 0 Å². The van der Waals surface area contributed by atoms with Crippen LogP contribution in [0.2, 0.25) is 5.02 Å². The summed E-state index contributed by atoms with van der Waals surface area (Å²) in [7, 11) is 0. The average Bonchev–Trinajstić information content (AvgIpc) is 2.94. The van der Waals surface area contributed by atoms with Crippen LogP contribution in [0.3, 0.4) is 0 Å². The lowest BCUT2D eigenvalue weighted by atomic mass is 10.1. The van der Waals surface area contributed by atoms with Crippen LogP contribution in [0.4, 0.5) is 11.4 Å². The maximum absolute atomic E-state index is 12.3. The fraction of sp³-hybridized carbons (Fsp3) is 0.125. The highest BCUT2D eigenvalue weighted by Gasteiger charge is 2.18. The van der Waals surface area contributed by atoms with Crippen LogP contribution in [-0.2, 0) is 4.79 Å². The van der Waals surface area contributed by atoms with E-state index in [9.17, 15) is 9.59 Å². The van der Waals surface area contributed by atoms with Gasteiger partial charge in [-0.1, -0.05) is 17.7 Å². The molecule has 1 aliphatic rings. The Bertz CT molecular complexity index is 792. The molecule has 0 spiro atoms. The van der Waals surface area contributed by atoms with Gasteiger partial charge in [-0.15, -0.1) is 0 Å². The van der Waals surface area contributed by atoms with Crippen molar-refractivity contribution < 1.29 is 19.1 Å². The summed E-state index contributed by atoms with van der Waals surface area (Å²) < 4.78 is 10.5. The fourth-order valence-electron chi connectivity index (χ4n) is 2.15. The number of ether oxygens (including phenoxy) is 2. The molecule has 1 heterocycles. The van der Waals surface area contributed by atoms with Crippen molar-refractivity contribution in [2.45, 2.75) is 6.92 Å². The quantitative estimate of drug-likeness (QED) is 0.904. The number of benzene rings is 2. The second kappa shape index (κ2) is 6.18. The largest absolute Gasteiger partial charge is 0.454 e. The van der Waals surface area contributed by atoms with Gasteiger partial charge < -0.3 is 20.1 Å². The summed E-state index contributed by atoms with van der Waals surface area (Å²) in [4.78, 5) is 23.4. The van der Waals surface area contributed by atoms with E-state index in [1.165, 1.54) is 6.92 Å². The Balaban J connectivity index is 1.81. The van der Waals surface area contributed by atoms with Crippen molar-refractivity contribution in [2.75, 3.05) is 17.4 Å². The summed E-state index contributed by atoms with van der Waals surface area (Å²) in [5.74, 6) is 0.511. The molecular formula is C16H13ClN2O4. The molecule has 0 fully saturated rings. The summed E-state index contributed by atoms with van der Waals surface area (Å²) in [6.07, 6.45) is 0. The van der Waals surface area contributed by atoms with Crippen molar-refractivity contribution in [3.63, 3.8) is 0 Å². The van der Waals surface area contributed by atoms with Crippen LogP contribution in [0.15, 0.2) is 36.4 Å². The van der Waals surface area contributed by atoms with Gasteiger partial charge in [0.25, 0.3) is 5.91 Å². The molecular weight excluding hydrogens is 320 g/mol. The standard InChI is InChI=1S/C16H13ClN2O4/c1-9(20)18-11-4-2-3-10(5-11)16(21)19-13-7-15-14(6-12(13)17)22-8-23-15/h2-7H,8H2,1H3,(H,18,20)(H,19,21). The summed E-state index contributed by atoms with van der Waals surface area (Å²) in [5.41, 5.74) is 1.36. The lowest BCUT2D eigenvalue weighted by Gasteiger charge is -2.09. The minimum absolute atomic E-state index is 0.127. The molecule has 0 bridgehead atoms. The number of halogens is 1. The predicted octanol–water partition coefficient (Wildman–Crippen LogP) is 3.28. The van der Waals surface area contributed by atoms with E-state index >= 15 is 0 Å². The summed E-state index contributed by atoms with van der Waals surface area (Å²) in [6.45, 7) is 1.53. The van der Waals surface area contributed by atoms with E-state index in [1.54, 1.807) is 36.4 Å². The monoisotopic (exact) mass is 332 g/mol. The zero-order chi connectivity index (χ0) is 16.4. The lowest BCUT2D eigenvalue weighted by Crippen LogP contribution is -2.13. The van der Waals surface area contributed by atoms with Crippen molar-refractivity contribution in [2.24, 2.45) is 0 Å². The van der Waals surface area contributed by atoms with Crippen molar-refractivity contribution in [3.8, 4) is 11.5 Å². The Morgan fingerprint density at radius 2 is 1.83 bits per heavy atom. The molecule has 0 saturated heterocycles. The number of nitrogens with one attached hydrogen (secondary N) is 2. The lowest BCUT2D eigenvalue weighted by molar-refractivity contribution is -0.114. The summed E-state index contributed by atoms with van der Waals surface area (Å²) in [6, 6.07) is 9.81.